The molecule has 1 atom stereocenters. The number of allylic oxidation sites excluding steroid dienone is 1. The van der Waals surface area contributed by atoms with Crippen molar-refractivity contribution in [3.63, 3.8) is 0 Å². The maximum atomic E-state index is 11.6. The largest absolute Gasteiger partial charge is 0.395 e. The molecule has 136 valence electrons. The molecule has 0 aromatic rings. The van der Waals surface area contributed by atoms with Crippen LogP contribution in [0, 0.1) is 5.92 Å². The first-order valence-electron chi connectivity index (χ1n) is 8.59. The molecular formula is C18H28O6. The van der Waals surface area contributed by atoms with Crippen LogP contribution in [-0.4, -0.2) is 24.9 Å². The van der Waals surface area contributed by atoms with Crippen molar-refractivity contribution in [1.82, 2.24) is 0 Å². The van der Waals surface area contributed by atoms with E-state index in [9.17, 15) is 19.2 Å². The molecule has 0 N–H and O–H groups in total. The van der Waals surface area contributed by atoms with Gasteiger partial charge in [-0.05, 0) is 12.8 Å². The highest BCUT2D eigenvalue weighted by Crippen LogP contribution is 2.12. The zero-order valence-corrected chi connectivity index (χ0v) is 14.4. The number of ether oxygens (including phenoxy) is 2. The van der Waals surface area contributed by atoms with Gasteiger partial charge in [0.15, 0.2) is 0 Å². The summed E-state index contributed by atoms with van der Waals surface area (Å²) < 4.78 is 8.41. The zero-order valence-electron chi connectivity index (χ0n) is 14.4. The number of carbonyl (C=O) groups is 4. The van der Waals surface area contributed by atoms with E-state index in [2.05, 4.69) is 16.4 Å². The van der Waals surface area contributed by atoms with E-state index in [-0.39, 0.29) is 19.4 Å². The van der Waals surface area contributed by atoms with Crippen LogP contribution in [0.3, 0.4) is 0 Å². The summed E-state index contributed by atoms with van der Waals surface area (Å²) in [7, 11) is 0. The molecule has 0 aromatic heterocycles. The van der Waals surface area contributed by atoms with Gasteiger partial charge in [0.2, 0.25) is 0 Å². The van der Waals surface area contributed by atoms with Crippen LogP contribution >= 0.6 is 0 Å². The Labute approximate surface area is 143 Å². The highest BCUT2D eigenvalue weighted by atomic mass is 16.6. The molecule has 6 heteroatoms. The molecular weight excluding hydrogens is 312 g/mol. The Hall–Kier alpha value is -1.98. The standard InChI is InChI=1S/C18H28O6/c1-2-3-4-5-6-7-8-9-10-11-12-16(18(22)24-15-20)13-17(21)23-14-19/h11-12,14-16H,2-10,13H2,1H3. The van der Waals surface area contributed by atoms with Crippen LogP contribution in [0.25, 0.3) is 0 Å². The van der Waals surface area contributed by atoms with Gasteiger partial charge < -0.3 is 9.47 Å². The predicted octanol–water partition coefficient (Wildman–Crippen LogP) is 3.48. The van der Waals surface area contributed by atoms with Gasteiger partial charge in [-0.2, -0.15) is 0 Å². The molecule has 0 aliphatic heterocycles. The second kappa shape index (κ2) is 15.9. The first-order valence-corrected chi connectivity index (χ1v) is 8.59. The first-order chi connectivity index (χ1) is 11.7. The third-order valence-corrected chi connectivity index (χ3v) is 3.63. The van der Waals surface area contributed by atoms with E-state index >= 15 is 0 Å². The molecule has 0 heterocycles. The quantitative estimate of drug-likeness (QED) is 0.149. The second-order valence-electron chi connectivity index (χ2n) is 5.62. The topological polar surface area (TPSA) is 86.7 Å². The minimum absolute atomic E-state index is 0.00861. The zero-order chi connectivity index (χ0) is 18.0. The van der Waals surface area contributed by atoms with Crippen molar-refractivity contribution in [3.05, 3.63) is 12.2 Å². The molecule has 0 aliphatic rings. The lowest BCUT2D eigenvalue weighted by atomic mass is 10.0. The summed E-state index contributed by atoms with van der Waals surface area (Å²) >= 11 is 0. The lowest BCUT2D eigenvalue weighted by Gasteiger charge is -2.07. The lowest BCUT2D eigenvalue weighted by molar-refractivity contribution is -0.159. The fourth-order valence-corrected chi connectivity index (χ4v) is 2.30. The summed E-state index contributed by atoms with van der Waals surface area (Å²) in [6.07, 6.45) is 13.5. The second-order valence-corrected chi connectivity index (χ2v) is 5.62. The van der Waals surface area contributed by atoms with E-state index in [1.807, 2.05) is 0 Å². The van der Waals surface area contributed by atoms with Gasteiger partial charge in [-0.25, -0.2) is 0 Å². The van der Waals surface area contributed by atoms with E-state index in [0.717, 1.165) is 19.3 Å². The lowest BCUT2D eigenvalue weighted by Crippen LogP contribution is -2.20. The van der Waals surface area contributed by atoms with Crippen LogP contribution in [0.5, 0.6) is 0 Å². The summed E-state index contributed by atoms with van der Waals surface area (Å²) in [6, 6.07) is 0. The van der Waals surface area contributed by atoms with Gasteiger partial charge in [0, 0.05) is 0 Å². The van der Waals surface area contributed by atoms with Crippen molar-refractivity contribution in [2.45, 2.75) is 71.1 Å². The van der Waals surface area contributed by atoms with Crippen LogP contribution in [0.2, 0.25) is 0 Å². The molecule has 0 rings (SSSR count). The van der Waals surface area contributed by atoms with Crippen LogP contribution < -0.4 is 0 Å². The normalized spacial score (nSPS) is 11.9. The Morgan fingerprint density at radius 1 is 0.875 bits per heavy atom. The SMILES string of the molecule is CCCCCCCCCCC=CC(CC(=O)OC=O)C(=O)OC=O. The fraction of sp³-hybridized carbons (Fsp3) is 0.667. The minimum atomic E-state index is -0.920. The molecule has 1 unspecified atom stereocenters. The Morgan fingerprint density at radius 3 is 2.04 bits per heavy atom. The van der Waals surface area contributed by atoms with Gasteiger partial charge >= 0.3 is 24.9 Å². The molecule has 0 saturated carbocycles. The third kappa shape index (κ3) is 12.6. The van der Waals surface area contributed by atoms with Crippen LogP contribution in [0.15, 0.2) is 12.2 Å². The van der Waals surface area contributed by atoms with E-state index in [1.165, 1.54) is 44.6 Å². The number of esters is 2. The predicted molar refractivity (Wildman–Crippen MR) is 88.8 cm³/mol. The van der Waals surface area contributed by atoms with Gasteiger partial charge in [0.05, 0.1) is 12.3 Å². The van der Waals surface area contributed by atoms with Gasteiger partial charge in [0.25, 0.3) is 0 Å². The summed E-state index contributed by atoms with van der Waals surface area (Å²) in [4.78, 5) is 43.2. The molecule has 0 radical (unpaired) electrons. The molecule has 6 nitrogen and oxygen atoms in total. The molecule has 24 heavy (non-hydrogen) atoms. The fourth-order valence-electron chi connectivity index (χ4n) is 2.30. The Balaban J connectivity index is 4.03. The van der Waals surface area contributed by atoms with Crippen molar-refractivity contribution in [2.24, 2.45) is 5.92 Å². The monoisotopic (exact) mass is 340 g/mol. The number of rotatable bonds is 15. The smallest absolute Gasteiger partial charge is 0.320 e. The number of carbonyl (C=O) groups excluding carboxylic acids is 4. The number of hydrogen-bond acceptors (Lipinski definition) is 6. The van der Waals surface area contributed by atoms with Crippen LogP contribution in [0.4, 0.5) is 0 Å². The van der Waals surface area contributed by atoms with Gasteiger partial charge in [0.1, 0.15) is 0 Å². The van der Waals surface area contributed by atoms with Crippen molar-refractivity contribution in [1.29, 1.82) is 0 Å². The van der Waals surface area contributed by atoms with Gasteiger partial charge in [-0.3, -0.25) is 19.2 Å². The van der Waals surface area contributed by atoms with E-state index in [4.69, 9.17) is 0 Å². The van der Waals surface area contributed by atoms with E-state index < -0.39 is 17.9 Å². The summed E-state index contributed by atoms with van der Waals surface area (Å²) in [5.74, 6) is -2.59. The van der Waals surface area contributed by atoms with Crippen molar-refractivity contribution in [2.75, 3.05) is 0 Å². The van der Waals surface area contributed by atoms with Crippen LogP contribution in [-0.2, 0) is 28.7 Å². The Morgan fingerprint density at radius 2 is 1.46 bits per heavy atom. The molecule has 0 fully saturated rings. The van der Waals surface area contributed by atoms with Crippen molar-refractivity contribution >= 4 is 24.9 Å². The molecule has 0 spiro atoms. The van der Waals surface area contributed by atoms with Crippen molar-refractivity contribution < 1.29 is 28.7 Å². The highest BCUT2D eigenvalue weighted by Gasteiger charge is 2.21. The molecule has 0 aliphatic carbocycles. The molecule has 0 aromatic carbocycles. The average Bonchev–Trinajstić information content (AvgIpc) is 2.56. The highest BCUT2D eigenvalue weighted by molar-refractivity contribution is 5.86. The maximum absolute atomic E-state index is 11.6. The average molecular weight is 340 g/mol. The Bertz CT molecular complexity index is 402. The minimum Gasteiger partial charge on any atom is -0.395 e. The molecule has 0 saturated heterocycles. The summed E-state index contributed by atoms with van der Waals surface area (Å²) in [5.41, 5.74) is 0. The molecule has 0 amide bonds. The summed E-state index contributed by atoms with van der Waals surface area (Å²) in [6.45, 7) is 2.23. The van der Waals surface area contributed by atoms with Crippen molar-refractivity contribution in [3.8, 4) is 0 Å². The maximum Gasteiger partial charge on any atom is 0.320 e. The van der Waals surface area contributed by atoms with Gasteiger partial charge in [-0.1, -0.05) is 64.0 Å². The van der Waals surface area contributed by atoms with E-state index in [1.54, 1.807) is 6.08 Å². The number of hydrogen-bond donors (Lipinski definition) is 0. The van der Waals surface area contributed by atoms with E-state index in [0.29, 0.717) is 0 Å². The van der Waals surface area contributed by atoms with Gasteiger partial charge in [-0.15, -0.1) is 0 Å². The molecule has 0 bridgehead atoms. The first kappa shape index (κ1) is 22.0. The third-order valence-electron chi connectivity index (χ3n) is 3.63. The Kier molecular flexibility index (Phi) is 14.6. The summed E-state index contributed by atoms with van der Waals surface area (Å²) in [5, 5.41) is 0. The number of unbranched alkanes of at least 4 members (excludes halogenated alkanes) is 8. The van der Waals surface area contributed by atoms with Crippen LogP contribution in [0.1, 0.15) is 71.1 Å².